The van der Waals surface area contributed by atoms with E-state index in [9.17, 15) is 0 Å². The number of allylic oxidation sites excluding steroid dienone is 4. The maximum absolute atomic E-state index is 2.71. The van der Waals surface area contributed by atoms with Crippen LogP contribution in [0.15, 0.2) is 248 Å². The molecule has 0 radical (unpaired) electrons. The second-order valence-electron chi connectivity index (χ2n) is 22.7. The summed E-state index contributed by atoms with van der Waals surface area (Å²) < 4.78 is 5.34. The Morgan fingerprint density at radius 3 is 1.46 bits per heavy atom. The molecule has 4 heteroatoms. The fourth-order valence-corrected chi connectivity index (χ4v) is 14.5. The smallest absolute Gasteiger partial charge is 0.251 e. The van der Waals surface area contributed by atoms with E-state index in [0.29, 0.717) is 0 Å². The Morgan fingerprint density at radius 2 is 0.868 bits per heavy atom. The van der Waals surface area contributed by atoms with Crippen LogP contribution in [0.4, 0.5) is 17.1 Å². The van der Waals surface area contributed by atoms with Gasteiger partial charge in [-0.05, 0) is 109 Å². The Hall–Kier alpha value is -8.86. The van der Waals surface area contributed by atoms with Gasteiger partial charge in [0.2, 0.25) is 0 Å². The van der Waals surface area contributed by atoms with Crippen molar-refractivity contribution in [3.63, 3.8) is 0 Å². The number of hydrogen-bond acceptors (Lipinski definition) is 1. The van der Waals surface area contributed by atoms with E-state index in [0.717, 1.165) is 17.1 Å². The minimum Gasteiger partial charge on any atom is -0.313 e. The average molecular weight is 972 g/mol. The number of hydrogen-bond donors (Lipinski definition) is 0. The summed E-state index contributed by atoms with van der Waals surface area (Å²) in [5, 5.41) is 5.26. The topological polar surface area (TPSA) is 13.1 Å². The number of fused-ring (bicyclic) bond motifs is 17. The van der Waals surface area contributed by atoms with Gasteiger partial charge < -0.3 is 14.0 Å². The third kappa shape index (κ3) is 5.90. The molecular formula is C72H54BN3. The summed E-state index contributed by atoms with van der Waals surface area (Å²) in [6.07, 6.45) is 2.68. The standard InChI is InChI=1S/C72H54BN3/c1-71(2,45-19-7-5-8-20-45)47-33-37-49(38-34-47)74(50-39-35-48(36-40-50)72(3,4)46-21-9-6-10-22-46)51-41-42-53-59(43-51)52-23-11-12-26-56(52)66-60(53)44-65-67-70(66)76-64-32-16-14-25-55(64)58-28-18-30-62(69(58)76)73(67)61-29-17-27-57-54-24-13-15-31-63(54)75(65)68(57)61/h5-44,60,66H,1-4H3. The molecular weight excluding hydrogens is 918 g/mol. The molecule has 2 unspecified atom stereocenters. The monoisotopic (exact) mass is 971 g/mol. The summed E-state index contributed by atoms with van der Waals surface area (Å²) in [6, 6.07) is 89.5. The maximum Gasteiger partial charge on any atom is 0.251 e. The van der Waals surface area contributed by atoms with Crippen LogP contribution in [-0.2, 0) is 10.8 Å². The SMILES string of the molecule is CC(C)(c1ccccc1)c1ccc(N(c2ccc(C(C)(C)c3ccccc3)cc2)c2ccc3c(c2)-c2ccccc2C2C4=C5B(c6cccc7c8ccccc8n(c67)C5=CC32)c2cccc3c5ccccc5n4c23)cc1. The molecule has 0 amide bonds. The lowest BCUT2D eigenvalue weighted by Crippen LogP contribution is -2.52. The lowest BCUT2D eigenvalue weighted by molar-refractivity contribution is 0.641. The van der Waals surface area contributed by atoms with Crippen LogP contribution in [0.1, 0.15) is 72.9 Å². The van der Waals surface area contributed by atoms with Crippen molar-refractivity contribution in [1.29, 1.82) is 0 Å². The first kappa shape index (κ1) is 43.5. The van der Waals surface area contributed by atoms with E-state index in [2.05, 4.69) is 284 Å². The van der Waals surface area contributed by atoms with Gasteiger partial charge in [-0.15, -0.1) is 0 Å². The first-order chi connectivity index (χ1) is 37.3. The van der Waals surface area contributed by atoms with Gasteiger partial charge in [-0.2, -0.15) is 0 Å². The van der Waals surface area contributed by atoms with Gasteiger partial charge in [0.15, 0.2) is 0 Å². The van der Waals surface area contributed by atoms with Gasteiger partial charge in [-0.3, -0.25) is 0 Å². The quantitative estimate of drug-likeness (QED) is 0.145. The summed E-state index contributed by atoms with van der Waals surface area (Å²) in [7, 11) is 0. The van der Waals surface area contributed by atoms with Crippen LogP contribution < -0.4 is 15.8 Å². The highest BCUT2D eigenvalue weighted by Crippen LogP contribution is 2.60. The van der Waals surface area contributed by atoms with Crippen molar-refractivity contribution >= 4 is 89.7 Å². The molecule has 0 saturated heterocycles. The minimum absolute atomic E-state index is 0.0590. The Morgan fingerprint density at radius 1 is 0.395 bits per heavy atom. The van der Waals surface area contributed by atoms with Crippen LogP contribution in [0.2, 0.25) is 0 Å². The zero-order valence-electron chi connectivity index (χ0n) is 43.2. The molecule has 0 bridgehead atoms. The predicted molar refractivity (Wildman–Crippen MR) is 321 cm³/mol. The third-order valence-corrected chi connectivity index (χ3v) is 18.3. The van der Waals surface area contributed by atoms with E-state index in [-0.39, 0.29) is 29.4 Å². The number of benzene rings is 10. The van der Waals surface area contributed by atoms with Gasteiger partial charge in [0.1, 0.15) is 0 Å². The van der Waals surface area contributed by atoms with Crippen LogP contribution in [0, 0.1) is 0 Å². The van der Waals surface area contributed by atoms with Crippen molar-refractivity contribution < 1.29 is 0 Å². The second kappa shape index (κ2) is 15.8. The van der Waals surface area contributed by atoms with Gasteiger partial charge in [0.05, 0.1) is 11.0 Å². The van der Waals surface area contributed by atoms with E-state index in [1.165, 1.54) is 116 Å². The van der Waals surface area contributed by atoms with Crippen LogP contribution in [0.5, 0.6) is 0 Å². The van der Waals surface area contributed by atoms with Crippen molar-refractivity contribution in [2.24, 2.45) is 0 Å². The molecule has 2 aromatic heterocycles. The molecule has 2 aliphatic carbocycles. The number of para-hydroxylation sites is 4. The molecule has 4 heterocycles. The van der Waals surface area contributed by atoms with E-state index in [1.807, 2.05) is 0 Å². The summed E-state index contributed by atoms with van der Waals surface area (Å²) in [5.74, 6) is 0.131. The zero-order chi connectivity index (χ0) is 50.6. The van der Waals surface area contributed by atoms with Gasteiger partial charge in [0, 0.05) is 83.7 Å². The number of aromatic nitrogens is 2. The molecule has 10 aromatic carbocycles. The molecule has 3 nitrogen and oxygen atoms in total. The van der Waals surface area contributed by atoms with E-state index >= 15 is 0 Å². The molecule has 0 N–H and O–H groups in total. The number of anilines is 3. The Labute approximate surface area is 444 Å². The van der Waals surface area contributed by atoms with Crippen LogP contribution >= 0.6 is 0 Å². The molecule has 0 spiro atoms. The highest BCUT2D eigenvalue weighted by Gasteiger charge is 2.49. The molecule has 0 saturated carbocycles. The summed E-state index contributed by atoms with van der Waals surface area (Å²) in [5.41, 5.74) is 25.7. The van der Waals surface area contributed by atoms with E-state index in [4.69, 9.17) is 0 Å². The first-order valence-corrected chi connectivity index (χ1v) is 27.1. The predicted octanol–water partition coefficient (Wildman–Crippen LogP) is 16.8. The van der Waals surface area contributed by atoms with Gasteiger partial charge >= 0.3 is 0 Å². The average Bonchev–Trinajstić information content (AvgIpc) is 4.15. The van der Waals surface area contributed by atoms with Crippen molar-refractivity contribution in [2.75, 3.05) is 4.90 Å². The summed E-state index contributed by atoms with van der Waals surface area (Å²) in [4.78, 5) is 2.47. The van der Waals surface area contributed by atoms with Crippen molar-refractivity contribution in [2.45, 2.75) is 50.4 Å². The first-order valence-electron chi connectivity index (χ1n) is 27.1. The molecule has 0 fully saturated rings. The van der Waals surface area contributed by atoms with E-state index in [1.54, 1.807) is 0 Å². The van der Waals surface area contributed by atoms with Crippen molar-refractivity contribution in [3.05, 3.63) is 282 Å². The zero-order valence-corrected chi connectivity index (χ0v) is 43.2. The number of rotatable bonds is 7. The van der Waals surface area contributed by atoms with Crippen molar-refractivity contribution in [1.82, 2.24) is 9.13 Å². The van der Waals surface area contributed by atoms with Crippen molar-refractivity contribution in [3.8, 4) is 11.1 Å². The molecule has 12 aromatic rings. The largest absolute Gasteiger partial charge is 0.313 e. The van der Waals surface area contributed by atoms with E-state index < -0.39 is 0 Å². The lowest BCUT2D eigenvalue weighted by atomic mass is 9.32. The van der Waals surface area contributed by atoms with Gasteiger partial charge in [-0.1, -0.05) is 222 Å². The molecule has 2 aliphatic heterocycles. The normalized spacial score (nSPS) is 16.2. The molecule has 4 aliphatic rings. The molecule has 76 heavy (non-hydrogen) atoms. The van der Waals surface area contributed by atoms with Crippen LogP contribution in [0.25, 0.3) is 66.1 Å². The summed E-state index contributed by atoms with van der Waals surface area (Å²) >= 11 is 0. The Kier molecular flexibility index (Phi) is 9.07. The molecule has 360 valence electrons. The Balaban J connectivity index is 0.917. The van der Waals surface area contributed by atoms with Gasteiger partial charge in [0.25, 0.3) is 6.71 Å². The lowest BCUT2D eigenvalue weighted by Gasteiger charge is -2.46. The number of nitrogens with zero attached hydrogens (tertiary/aromatic N) is 3. The van der Waals surface area contributed by atoms with Crippen LogP contribution in [0.3, 0.4) is 0 Å². The highest BCUT2D eigenvalue weighted by atomic mass is 15.1. The fourth-order valence-electron chi connectivity index (χ4n) is 14.5. The summed E-state index contributed by atoms with van der Waals surface area (Å²) in [6.45, 7) is 9.41. The molecule has 2 atom stereocenters. The van der Waals surface area contributed by atoms with Gasteiger partial charge in [-0.25, -0.2) is 0 Å². The van der Waals surface area contributed by atoms with Crippen LogP contribution in [-0.4, -0.2) is 15.8 Å². The Bertz CT molecular complexity index is 4360. The second-order valence-corrected chi connectivity index (χ2v) is 22.7. The maximum atomic E-state index is 2.71. The fraction of sp³-hybridized carbons (Fsp3) is 0.111. The third-order valence-electron chi connectivity index (χ3n) is 18.3. The molecule has 16 rings (SSSR count). The minimum atomic E-state index is -0.163. The highest BCUT2D eigenvalue weighted by molar-refractivity contribution is 6.97.